The number of sulfonamides is 1. The monoisotopic (exact) mass is 282 g/mol. The highest BCUT2D eigenvalue weighted by atomic mass is 32.2. The Morgan fingerprint density at radius 1 is 1.33 bits per heavy atom. The molecule has 1 aromatic carbocycles. The van der Waals surface area contributed by atoms with Crippen molar-refractivity contribution in [2.45, 2.75) is 11.1 Å². The Labute approximate surface area is 100 Å². The predicted octanol–water partition coefficient (Wildman–Crippen LogP) is -0.109. The van der Waals surface area contributed by atoms with Gasteiger partial charge < -0.3 is 9.90 Å². The molecule has 0 aromatic heterocycles. The molecule has 0 atom stereocenters. The lowest BCUT2D eigenvalue weighted by Crippen LogP contribution is -2.34. The van der Waals surface area contributed by atoms with Gasteiger partial charge in [-0.2, -0.15) is 13.2 Å². The molecule has 0 fully saturated rings. The zero-order valence-electron chi connectivity index (χ0n) is 8.69. The van der Waals surface area contributed by atoms with Crippen LogP contribution in [0, 0.1) is 0 Å². The lowest BCUT2D eigenvalue weighted by Gasteiger charge is -2.10. The van der Waals surface area contributed by atoms with Crippen LogP contribution in [0.4, 0.5) is 13.2 Å². The van der Waals surface area contributed by atoms with Crippen molar-refractivity contribution in [2.75, 3.05) is 6.54 Å². The maximum absolute atomic E-state index is 11.9. The molecule has 5 nitrogen and oxygen atoms in total. The quantitative estimate of drug-likeness (QED) is 0.835. The Morgan fingerprint density at radius 2 is 1.94 bits per heavy atom. The summed E-state index contributed by atoms with van der Waals surface area (Å²) in [5.41, 5.74) is -0.440. The summed E-state index contributed by atoms with van der Waals surface area (Å²) in [6, 6.07) is 3.85. The van der Waals surface area contributed by atoms with E-state index >= 15 is 0 Å². The predicted molar refractivity (Wildman–Crippen MR) is 52.0 cm³/mol. The first-order chi connectivity index (χ1) is 8.12. The smallest absolute Gasteiger partial charge is 0.402 e. The van der Waals surface area contributed by atoms with Gasteiger partial charge >= 0.3 is 6.18 Å². The van der Waals surface area contributed by atoms with Gasteiger partial charge in [0.15, 0.2) is 0 Å². The van der Waals surface area contributed by atoms with E-state index in [0.29, 0.717) is 6.07 Å². The normalized spacial score (nSPS) is 12.4. The van der Waals surface area contributed by atoms with E-state index in [1.165, 1.54) is 4.72 Å². The summed E-state index contributed by atoms with van der Waals surface area (Å²) in [7, 11) is -4.41. The molecule has 0 aliphatic carbocycles. The summed E-state index contributed by atoms with van der Waals surface area (Å²) in [5, 5.41) is 10.5. The second kappa shape index (κ2) is 4.94. The zero-order chi connectivity index (χ0) is 14.0. The number of carboxylic acids is 1. The van der Waals surface area contributed by atoms with Crippen LogP contribution in [0.15, 0.2) is 29.2 Å². The number of benzene rings is 1. The van der Waals surface area contributed by atoms with Crippen LogP contribution in [0.3, 0.4) is 0 Å². The van der Waals surface area contributed by atoms with E-state index in [2.05, 4.69) is 0 Å². The Morgan fingerprint density at radius 3 is 2.44 bits per heavy atom. The molecule has 9 heteroatoms. The maximum Gasteiger partial charge on any atom is 0.402 e. The van der Waals surface area contributed by atoms with Gasteiger partial charge in [0.1, 0.15) is 6.54 Å². The SMILES string of the molecule is O=C([O-])c1cccc(S(=O)(=O)NCC(F)(F)F)c1. The topological polar surface area (TPSA) is 86.3 Å². The molecule has 1 N–H and O–H groups in total. The fourth-order valence-corrected chi connectivity index (χ4v) is 2.11. The summed E-state index contributed by atoms with van der Waals surface area (Å²) in [6.45, 7) is -1.73. The van der Waals surface area contributed by atoms with E-state index in [-0.39, 0.29) is 0 Å². The van der Waals surface area contributed by atoms with Crippen LogP contribution in [0.25, 0.3) is 0 Å². The van der Waals surface area contributed by atoms with Gasteiger partial charge in [0, 0.05) is 0 Å². The summed E-state index contributed by atoms with van der Waals surface area (Å²) >= 11 is 0. The van der Waals surface area contributed by atoms with Crippen LogP contribution in [0.2, 0.25) is 0 Å². The fourth-order valence-electron chi connectivity index (χ4n) is 1.05. The van der Waals surface area contributed by atoms with Gasteiger partial charge in [-0.25, -0.2) is 13.1 Å². The molecular formula is C9H7F3NO4S-. The lowest BCUT2D eigenvalue weighted by atomic mass is 10.2. The van der Waals surface area contributed by atoms with Crippen LogP contribution < -0.4 is 9.83 Å². The number of aromatic carboxylic acids is 1. The second-order valence-corrected chi connectivity index (χ2v) is 5.02. The number of carboxylic acid groups (broad SMARTS) is 1. The molecule has 0 heterocycles. The first kappa shape index (κ1) is 14.5. The first-order valence-electron chi connectivity index (χ1n) is 4.50. The third-order valence-electron chi connectivity index (χ3n) is 1.84. The van der Waals surface area contributed by atoms with E-state index in [0.717, 1.165) is 18.2 Å². The number of halogens is 3. The Balaban J connectivity index is 2.99. The molecule has 18 heavy (non-hydrogen) atoms. The highest BCUT2D eigenvalue weighted by molar-refractivity contribution is 7.89. The largest absolute Gasteiger partial charge is 0.545 e. The molecule has 0 unspecified atom stereocenters. The van der Waals surface area contributed by atoms with Gasteiger partial charge in [-0.3, -0.25) is 0 Å². The molecule has 0 radical (unpaired) electrons. The van der Waals surface area contributed by atoms with Gasteiger partial charge in [0.25, 0.3) is 0 Å². The number of hydrogen-bond donors (Lipinski definition) is 1. The summed E-state index contributed by atoms with van der Waals surface area (Å²) in [5.74, 6) is -1.62. The minimum Gasteiger partial charge on any atom is -0.545 e. The number of carbonyl (C=O) groups excluding carboxylic acids is 1. The van der Waals surface area contributed by atoms with Crippen molar-refractivity contribution >= 4 is 16.0 Å². The third kappa shape index (κ3) is 4.00. The van der Waals surface area contributed by atoms with E-state index < -0.39 is 39.2 Å². The number of nitrogens with one attached hydrogen (secondary N) is 1. The molecule has 0 bridgehead atoms. The molecule has 0 saturated heterocycles. The van der Waals surface area contributed by atoms with Gasteiger partial charge in [0.05, 0.1) is 10.9 Å². The van der Waals surface area contributed by atoms with Crippen molar-refractivity contribution in [3.8, 4) is 0 Å². The van der Waals surface area contributed by atoms with E-state index in [1.54, 1.807) is 0 Å². The number of hydrogen-bond acceptors (Lipinski definition) is 4. The van der Waals surface area contributed by atoms with Gasteiger partial charge in [0.2, 0.25) is 10.0 Å². The van der Waals surface area contributed by atoms with Crippen molar-refractivity contribution < 1.29 is 31.5 Å². The van der Waals surface area contributed by atoms with Crippen molar-refractivity contribution in [3.05, 3.63) is 29.8 Å². The third-order valence-corrected chi connectivity index (χ3v) is 3.24. The number of rotatable bonds is 4. The average molecular weight is 282 g/mol. The van der Waals surface area contributed by atoms with Gasteiger partial charge in [-0.1, -0.05) is 12.1 Å². The van der Waals surface area contributed by atoms with Crippen molar-refractivity contribution in [2.24, 2.45) is 0 Å². The summed E-state index contributed by atoms with van der Waals surface area (Å²) < 4.78 is 59.8. The highest BCUT2D eigenvalue weighted by Gasteiger charge is 2.30. The molecule has 0 saturated carbocycles. The van der Waals surface area contributed by atoms with E-state index in [1.807, 2.05) is 0 Å². The van der Waals surface area contributed by atoms with Crippen molar-refractivity contribution in [1.29, 1.82) is 0 Å². The standard InChI is InChI=1S/C9H8F3NO4S/c10-9(11,12)5-13-18(16,17)7-3-1-2-6(4-7)8(14)15/h1-4,13H,5H2,(H,14,15)/p-1. The first-order valence-corrected chi connectivity index (χ1v) is 5.98. The van der Waals surface area contributed by atoms with Crippen LogP contribution in [-0.2, 0) is 10.0 Å². The van der Waals surface area contributed by atoms with Gasteiger partial charge in [-0.15, -0.1) is 0 Å². The van der Waals surface area contributed by atoms with Crippen LogP contribution >= 0.6 is 0 Å². The average Bonchev–Trinajstić information content (AvgIpc) is 2.26. The molecule has 100 valence electrons. The lowest BCUT2D eigenvalue weighted by molar-refractivity contribution is -0.255. The maximum atomic E-state index is 11.9. The Hall–Kier alpha value is -1.61. The molecule has 0 aliphatic heterocycles. The summed E-state index contributed by atoms with van der Waals surface area (Å²) in [4.78, 5) is 9.92. The fraction of sp³-hybridized carbons (Fsp3) is 0.222. The second-order valence-electron chi connectivity index (χ2n) is 3.26. The highest BCUT2D eigenvalue weighted by Crippen LogP contribution is 2.15. The van der Waals surface area contributed by atoms with Crippen LogP contribution in [-0.4, -0.2) is 27.1 Å². The number of alkyl halides is 3. The molecule has 0 aliphatic rings. The Kier molecular flexibility index (Phi) is 3.97. The molecular weight excluding hydrogens is 275 g/mol. The minimum absolute atomic E-state index is 0.440. The van der Waals surface area contributed by atoms with Gasteiger partial charge in [-0.05, 0) is 17.7 Å². The van der Waals surface area contributed by atoms with Crippen molar-refractivity contribution in [3.63, 3.8) is 0 Å². The van der Waals surface area contributed by atoms with Crippen LogP contribution in [0.5, 0.6) is 0 Å². The van der Waals surface area contributed by atoms with Crippen LogP contribution in [0.1, 0.15) is 10.4 Å². The van der Waals surface area contributed by atoms with E-state index in [4.69, 9.17) is 0 Å². The van der Waals surface area contributed by atoms with Crippen molar-refractivity contribution in [1.82, 2.24) is 4.72 Å². The number of carbonyl (C=O) groups is 1. The molecule has 1 aromatic rings. The molecule has 0 amide bonds. The molecule has 0 spiro atoms. The summed E-state index contributed by atoms with van der Waals surface area (Å²) in [6.07, 6.45) is -4.70. The zero-order valence-corrected chi connectivity index (χ0v) is 9.51. The van der Waals surface area contributed by atoms with E-state index in [9.17, 15) is 31.5 Å². The molecule has 1 rings (SSSR count). The minimum atomic E-state index is -4.70. The Bertz CT molecular complexity index is 553.